The quantitative estimate of drug-likeness (QED) is 0.770. The summed E-state index contributed by atoms with van der Waals surface area (Å²) in [5.74, 6) is 0.934. The van der Waals surface area contributed by atoms with Gasteiger partial charge in [0.25, 0.3) is 0 Å². The molecule has 0 bridgehead atoms. The summed E-state index contributed by atoms with van der Waals surface area (Å²) in [7, 11) is 3.33. The second-order valence-corrected chi connectivity index (χ2v) is 9.16. The van der Waals surface area contributed by atoms with Crippen LogP contribution in [0.4, 0.5) is 0 Å². The molecule has 2 aromatic rings. The van der Waals surface area contributed by atoms with Crippen molar-refractivity contribution in [2.75, 3.05) is 47.1 Å². The van der Waals surface area contributed by atoms with Crippen molar-refractivity contribution in [2.45, 2.75) is 37.1 Å². The van der Waals surface area contributed by atoms with Gasteiger partial charge in [0.05, 0.1) is 33.0 Å². The Balaban J connectivity index is 1.35. The molecule has 6 heteroatoms. The van der Waals surface area contributed by atoms with Gasteiger partial charge in [-0.3, -0.25) is 0 Å². The number of nitrogens with zero attached hydrogens (tertiary/aromatic N) is 1. The topological polar surface area (TPSA) is 60.4 Å². The van der Waals surface area contributed by atoms with Crippen LogP contribution in [0.5, 0.6) is 11.5 Å². The van der Waals surface area contributed by atoms with E-state index in [1.165, 1.54) is 5.56 Å². The number of rotatable bonds is 5. The summed E-state index contributed by atoms with van der Waals surface area (Å²) >= 11 is 0. The Kier molecular flexibility index (Phi) is 5.88. The van der Waals surface area contributed by atoms with Crippen LogP contribution < -0.4 is 9.47 Å². The zero-order chi connectivity index (χ0) is 22.2. The number of benzene rings is 2. The van der Waals surface area contributed by atoms with Crippen LogP contribution in [0.3, 0.4) is 0 Å². The van der Waals surface area contributed by atoms with Crippen LogP contribution in [-0.4, -0.2) is 57.1 Å². The molecule has 1 unspecified atom stereocenters. The van der Waals surface area contributed by atoms with E-state index in [1.54, 1.807) is 14.2 Å². The fraction of sp³-hybridized carbons (Fsp3) is 0.538. The predicted molar refractivity (Wildman–Crippen MR) is 121 cm³/mol. The lowest BCUT2D eigenvalue weighted by atomic mass is 9.77. The number of aryl methyl sites for hydroxylation is 1. The lowest BCUT2D eigenvalue weighted by Gasteiger charge is -2.45. The van der Waals surface area contributed by atoms with Crippen molar-refractivity contribution in [2.24, 2.45) is 5.92 Å². The Bertz CT molecular complexity index is 933. The summed E-state index contributed by atoms with van der Waals surface area (Å²) < 4.78 is 23.8. The number of hydrogen-bond donors (Lipinski definition) is 1. The van der Waals surface area contributed by atoms with E-state index in [0.29, 0.717) is 19.0 Å². The van der Waals surface area contributed by atoms with Crippen molar-refractivity contribution in [3.8, 4) is 11.5 Å². The zero-order valence-electron chi connectivity index (χ0n) is 19.0. The second kappa shape index (κ2) is 8.67. The van der Waals surface area contributed by atoms with Crippen molar-refractivity contribution in [1.82, 2.24) is 4.90 Å². The highest BCUT2D eigenvalue weighted by molar-refractivity contribution is 5.50. The maximum Gasteiger partial charge on any atom is 0.199 e. The first kappa shape index (κ1) is 21.7. The van der Waals surface area contributed by atoms with Crippen molar-refractivity contribution >= 4 is 0 Å². The number of fused-ring (bicyclic) bond motifs is 2. The summed E-state index contributed by atoms with van der Waals surface area (Å²) in [6.45, 7) is 3.79. The fourth-order valence-corrected chi connectivity index (χ4v) is 5.68. The lowest BCUT2D eigenvalue weighted by Crippen LogP contribution is -2.50. The molecule has 1 atom stereocenters. The highest BCUT2D eigenvalue weighted by Gasteiger charge is 2.50. The summed E-state index contributed by atoms with van der Waals surface area (Å²) in [6, 6.07) is 14.2. The Morgan fingerprint density at radius 2 is 1.66 bits per heavy atom. The first-order chi connectivity index (χ1) is 15.6. The van der Waals surface area contributed by atoms with E-state index in [2.05, 4.69) is 11.0 Å². The third kappa shape index (κ3) is 3.69. The molecule has 0 saturated carbocycles. The molecule has 1 N–H and O–H groups in total. The van der Waals surface area contributed by atoms with Gasteiger partial charge in [-0.2, -0.15) is 0 Å². The number of ether oxygens (including phenoxy) is 4. The van der Waals surface area contributed by atoms with Crippen LogP contribution in [0.15, 0.2) is 42.5 Å². The van der Waals surface area contributed by atoms with Crippen LogP contribution in [0.25, 0.3) is 0 Å². The van der Waals surface area contributed by atoms with Crippen molar-refractivity contribution in [3.05, 3.63) is 59.2 Å². The first-order valence-corrected chi connectivity index (χ1v) is 11.6. The fourth-order valence-electron chi connectivity index (χ4n) is 5.68. The molecule has 0 aromatic heterocycles. The summed E-state index contributed by atoms with van der Waals surface area (Å²) in [4.78, 5) is 2.46. The average Bonchev–Trinajstić information content (AvgIpc) is 3.33. The third-order valence-electron chi connectivity index (χ3n) is 7.47. The van der Waals surface area contributed by atoms with E-state index in [1.807, 2.05) is 36.4 Å². The second-order valence-electron chi connectivity index (χ2n) is 9.16. The van der Waals surface area contributed by atoms with Gasteiger partial charge in [-0.05, 0) is 48.9 Å². The molecule has 172 valence electrons. The third-order valence-corrected chi connectivity index (χ3v) is 7.47. The van der Waals surface area contributed by atoms with Gasteiger partial charge < -0.3 is 29.0 Å². The number of likely N-dealkylation sites (tertiary alicyclic amines) is 1. The molecule has 2 fully saturated rings. The van der Waals surface area contributed by atoms with Gasteiger partial charge in [0.2, 0.25) is 0 Å². The highest BCUT2D eigenvalue weighted by atomic mass is 16.7. The maximum absolute atomic E-state index is 11.2. The molecule has 5 rings (SSSR count). The SMILES string of the molecule is COc1cc2c(cc1OC)C1(OCCO1)C(CN1CCC(O)(c3ccccc3)CC1)CC2. The van der Waals surface area contributed by atoms with E-state index in [0.717, 1.165) is 62.2 Å². The Morgan fingerprint density at radius 1 is 1.00 bits per heavy atom. The minimum absolute atomic E-state index is 0.221. The number of piperidine rings is 1. The van der Waals surface area contributed by atoms with Crippen LogP contribution in [0, 0.1) is 5.92 Å². The molecule has 2 heterocycles. The minimum Gasteiger partial charge on any atom is -0.493 e. The maximum atomic E-state index is 11.2. The molecule has 0 amide bonds. The number of aliphatic hydroxyl groups is 1. The van der Waals surface area contributed by atoms with E-state index in [4.69, 9.17) is 18.9 Å². The van der Waals surface area contributed by atoms with Gasteiger partial charge in [0.15, 0.2) is 17.3 Å². The van der Waals surface area contributed by atoms with Crippen LogP contribution >= 0.6 is 0 Å². The largest absolute Gasteiger partial charge is 0.493 e. The summed E-state index contributed by atoms with van der Waals surface area (Å²) in [5, 5.41) is 11.2. The van der Waals surface area contributed by atoms with Gasteiger partial charge in [-0.25, -0.2) is 0 Å². The summed E-state index contributed by atoms with van der Waals surface area (Å²) in [6.07, 6.45) is 3.42. The van der Waals surface area contributed by atoms with Gasteiger partial charge in [-0.1, -0.05) is 30.3 Å². The van der Waals surface area contributed by atoms with Crippen LogP contribution in [0.2, 0.25) is 0 Å². The Labute approximate surface area is 190 Å². The van der Waals surface area contributed by atoms with Crippen molar-refractivity contribution in [3.63, 3.8) is 0 Å². The van der Waals surface area contributed by atoms with Crippen LogP contribution in [-0.2, 0) is 27.3 Å². The van der Waals surface area contributed by atoms with E-state index < -0.39 is 11.4 Å². The molecule has 3 aliphatic rings. The van der Waals surface area contributed by atoms with E-state index in [9.17, 15) is 5.11 Å². The van der Waals surface area contributed by atoms with E-state index >= 15 is 0 Å². The first-order valence-electron chi connectivity index (χ1n) is 11.6. The van der Waals surface area contributed by atoms with Gasteiger partial charge in [0, 0.05) is 31.1 Å². The average molecular weight is 440 g/mol. The Hall–Kier alpha value is -2.12. The van der Waals surface area contributed by atoms with Crippen molar-refractivity contribution < 1.29 is 24.1 Å². The van der Waals surface area contributed by atoms with Gasteiger partial charge >= 0.3 is 0 Å². The highest BCUT2D eigenvalue weighted by Crippen LogP contribution is 2.49. The lowest BCUT2D eigenvalue weighted by molar-refractivity contribution is -0.216. The van der Waals surface area contributed by atoms with Gasteiger partial charge in [0.1, 0.15) is 0 Å². The molecule has 2 aliphatic heterocycles. The number of hydrogen-bond acceptors (Lipinski definition) is 6. The molecule has 6 nitrogen and oxygen atoms in total. The standard InChI is InChI=1S/C26H33NO5/c1-29-23-16-19-8-9-21(26(31-14-15-32-26)22(19)17-24(23)30-2)18-27-12-10-25(28,11-13-27)20-6-4-3-5-7-20/h3-7,16-17,21,28H,8-15,18H2,1-2H3. The smallest absolute Gasteiger partial charge is 0.199 e. The minimum atomic E-state index is -0.737. The monoisotopic (exact) mass is 439 g/mol. The normalized spacial score (nSPS) is 24.3. The molecule has 1 spiro atoms. The predicted octanol–water partition coefficient (Wildman–Crippen LogP) is 3.45. The van der Waals surface area contributed by atoms with Crippen LogP contribution in [0.1, 0.15) is 36.0 Å². The van der Waals surface area contributed by atoms with E-state index in [-0.39, 0.29) is 5.92 Å². The zero-order valence-corrected chi connectivity index (χ0v) is 19.0. The molecule has 2 aromatic carbocycles. The number of methoxy groups -OCH3 is 2. The summed E-state index contributed by atoms with van der Waals surface area (Å²) in [5.41, 5.74) is 2.56. The van der Waals surface area contributed by atoms with Crippen molar-refractivity contribution in [1.29, 1.82) is 0 Å². The molecule has 2 saturated heterocycles. The molecular formula is C26H33NO5. The molecule has 32 heavy (non-hydrogen) atoms. The van der Waals surface area contributed by atoms with Gasteiger partial charge in [-0.15, -0.1) is 0 Å². The Morgan fingerprint density at radius 3 is 2.31 bits per heavy atom. The molecule has 0 radical (unpaired) electrons. The molecular weight excluding hydrogens is 406 g/mol. The molecule has 1 aliphatic carbocycles.